The number of Topliss-reactive ketones (excluding diaryl/α,β-unsaturated/α-hetero) is 1. The maximum absolute atomic E-state index is 11.9. The number of anilines is 1. The van der Waals surface area contributed by atoms with E-state index in [4.69, 9.17) is 5.73 Å². The maximum Gasteiger partial charge on any atom is 0.277 e. The molecule has 0 radical (unpaired) electrons. The molecule has 19 heavy (non-hydrogen) atoms. The number of nitrogens with two attached hydrogens (primary N) is 1. The first-order valence-electron chi connectivity index (χ1n) is 5.60. The highest BCUT2D eigenvalue weighted by Gasteiger charge is 2.12. The first-order valence-corrected chi connectivity index (χ1v) is 6.47. The Balaban J connectivity index is 2.04. The monoisotopic (exact) mass is 279 g/mol. The highest BCUT2D eigenvalue weighted by atomic mass is 32.1. The van der Waals surface area contributed by atoms with Gasteiger partial charge in [0.2, 0.25) is 0 Å². The van der Waals surface area contributed by atoms with E-state index in [1.165, 1.54) is 18.3 Å². The molecule has 0 unspecified atom stereocenters. The summed E-state index contributed by atoms with van der Waals surface area (Å²) in [4.78, 5) is 30.9. The third kappa shape index (κ3) is 3.24. The van der Waals surface area contributed by atoms with Gasteiger partial charge in [-0.1, -0.05) is 0 Å². The third-order valence-corrected chi connectivity index (χ3v) is 3.10. The number of amides is 1. The van der Waals surface area contributed by atoms with Crippen LogP contribution in [0, 0.1) is 0 Å². The molecule has 100 valence electrons. The minimum atomic E-state index is -0.361. The molecular formula is C11H13N5O2S. The van der Waals surface area contributed by atoms with Crippen LogP contribution in [-0.4, -0.2) is 32.8 Å². The summed E-state index contributed by atoms with van der Waals surface area (Å²) >= 11 is 1.20. The summed E-state index contributed by atoms with van der Waals surface area (Å²) in [5.74, 6) is -0.496. The van der Waals surface area contributed by atoms with Crippen molar-refractivity contribution in [2.45, 2.75) is 13.5 Å². The van der Waals surface area contributed by atoms with Crippen LogP contribution in [-0.2, 0) is 6.54 Å². The van der Waals surface area contributed by atoms with E-state index in [1.54, 1.807) is 22.5 Å². The van der Waals surface area contributed by atoms with Crippen molar-refractivity contribution in [2.24, 2.45) is 5.73 Å². The maximum atomic E-state index is 11.9. The van der Waals surface area contributed by atoms with E-state index in [0.717, 1.165) is 0 Å². The van der Waals surface area contributed by atoms with Crippen LogP contribution in [0.15, 0.2) is 17.9 Å². The average molecular weight is 279 g/mol. The summed E-state index contributed by atoms with van der Waals surface area (Å²) in [6.07, 6.45) is 3.16. The predicted octanol–water partition coefficient (Wildman–Crippen LogP) is 0.753. The molecule has 2 heterocycles. The summed E-state index contributed by atoms with van der Waals surface area (Å²) < 4.78 is 1.73. The summed E-state index contributed by atoms with van der Waals surface area (Å²) in [6.45, 7) is 2.51. The minimum absolute atomic E-state index is 0.135. The lowest BCUT2D eigenvalue weighted by molar-refractivity contribution is 0.100. The van der Waals surface area contributed by atoms with Gasteiger partial charge in [0, 0.05) is 31.6 Å². The van der Waals surface area contributed by atoms with Crippen LogP contribution in [0.5, 0.6) is 0 Å². The SMILES string of the molecule is CC(=O)c1csc(NC(=O)c2cn(CCN)cn2)n1. The lowest BCUT2D eigenvalue weighted by Gasteiger charge is -1.98. The number of carbonyl (C=O) groups excluding carboxylic acids is 2. The third-order valence-electron chi connectivity index (χ3n) is 2.34. The van der Waals surface area contributed by atoms with Crippen LogP contribution in [0.4, 0.5) is 5.13 Å². The first kappa shape index (κ1) is 13.4. The van der Waals surface area contributed by atoms with Gasteiger partial charge >= 0.3 is 0 Å². The highest BCUT2D eigenvalue weighted by Crippen LogP contribution is 2.16. The van der Waals surface area contributed by atoms with Crippen LogP contribution in [0.25, 0.3) is 0 Å². The van der Waals surface area contributed by atoms with E-state index in [1.807, 2.05) is 0 Å². The number of hydrogen-bond acceptors (Lipinski definition) is 6. The topological polar surface area (TPSA) is 103 Å². The molecule has 2 aromatic rings. The van der Waals surface area contributed by atoms with E-state index in [0.29, 0.717) is 23.9 Å². The lowest BCUT2D eigenvalue weighted by Crippen LogP contribution is -2.13. The fourth-order valence-corrected chi connectivity index (χ4v) is 2.15. The van der Waals surface area contributed by atoms with E-state index in [2.05, 4.69) is 15.3 Å². The molecule has 0 aliphatic rings. The van der Waals surface area contributed by atoms with Gasteiger partial charge < -0.3 is 10.3 Å². The molecule has 1 amide bonds. The van der Waals surface area contributed by atoms with Gasteiger partial charge in [0.15, 0.2) is 10.9 Å². The van der Waals surface area contributed by atoms with Crippen molar-refractivity contribution in [2.75, 3.05) is 11.9 Å². The van der Waals surface area contributed by atoms with Crippen LogP contribution >= 0.6 is 11.3 Å². The summed E-state index contributed by atoms with van der Waals surface area (Å²) in [5, 5.41) is 4.58. The normalized spacial score (nSPS) is 10.4. The lowest BCUT2D eigenvalue weighted by atomic mass is 10.4. The van der Waals surface area contributed by atoms with E-state index >= 15 is 0 Å². The van der Waals surface area contributed by atoms with Gasteiger partial charge in [-0.3, -0.25) is 14.9 Å². The number of hydrogen-bond donors (Lipinski definition) is 2. The zero-order chi connectivity index (χ0) is 13.8. The van der Waals surface area contributed by atoms with E-state index in [-0.39, 0.29) is 17.4 Å². The molecule has 0 saturated carbocycles. The fourth-order valence-electron chi connectivity index (χ4n) is 1.40. The van der Waals surface area contributed by atoms with Crippen LogP contribution in [0.2, 0.25) is 0 Å². The predicted molar refractivity (Wildman–Crippen MR) is 71.4 cm³/mol. The zero-order valence-electron chi connectivity index (χ0n) is 10.3. The van der Waals surface area contributed by atoms with Crippen molar-refractivity contribution >= 4 is 28.2 Å². The van der Waals surface area contributed by atoms with Crippen LogP contribution in [0.1, 0.15) is 27.9 Å². The number of nitrogens with one attached hydrogen (secondary N) is 1. The van der Waals surface area contributed by atoms with Crippen LogP contribution < -0.4 is 11.1 Å². The molecule has 0 atom stereocenters. The minimum Gasteiger partial charge on any atom is -0.335 e. The number of aromatic nitrogens is 3. The molecule has 7 nitrogen and oxygen atoms in total. The average Bonchev–Trinajstić information content (AvgIpc) is 2.98. The molecular weight excluding hydrogens is 266 g/mol. The number of imidazole rings is 1. The fraction of sp³-hybridized carbons (Fsp3) is 0.273. The van der Waals surface area contributed by atoms with Crippen molar-refractivity contribution in [1.29, 1.82) is 0 Å². The molecule has 0 bridgehead atoms. The van der Waals surface area contributed by atoms with Gasteiger partial charge in [0.25, 0.3) is 5.91 Å². The second kappa shape index (κ2) is 5.72. The van der Waals surface area contributed by atoms with Crippen molar-refractivity contribution in [3.63, 3.8) is 0 Å². The Bertz CT molecular complexity index is 604. The van der Waals surface area contributed by atoms with Gasteiger partial charge in [0.1, 0.15) is 11.4 Å². The Labute approximate surface area is 113 Å². The number of carbonyl (C=O) groups is 2. The van der Waals surface area contributed by atoms with Crippen LogP contribution in [0.3, 0.4) is 0 Å². The molecule has 2 aromatic heterocycles. The van der Waals surface area contributed by atoms with Gasteiger partial charge in [-0.15, -0.1) is 11.3 Å². The first-order chi connectivity index (χ1) is 9.10. The number of thiazole rings is 1. The largest absolute Gasteiger partial charge is 0.335 e. The molecule has 0 spiro atoms. The van der Waals surface area contributed by atoms with Gasteiger partial charge in [-0.2, -0.15) is 0 Å². The second-order valence-electron chi connectivity index (χ2n) is 3.83. The standard InChI is InChI=1S/C11H13N5O2S/c1-7(17)9-5-19-11(14-9)15-10(18)8-4-16(3-2-12)6-13-8/h4-6H,2-3,12H2,1H3,(H,14,15,18). The number of nitrogens with zero attached hydrogens (tertiary/aromatic N) is 3. The summed E-state index contributed by atoms with van der Waals surface area (Å²) in [5.41, 5.74) is 6.04. The van der Waals surface area contributed by atoms with Crippen molar-refractivity contribution < 1.29 is 9.59 Å². The second-order valence-corrected chi connectivity index (χ2v) is 4.69. The van der Waals surface area contributed by atoms with Gasteiger partial charge in [-0.25, -0.2) is 9.97 Å². The Morgan fingerprint density at radius 1 is 1.47 bits per heavy atom. The van der Waals surface area contributed by atoms with E-state index < -0.39 is 0 Å². The zero-order valence-corrected chi connectivity index (χ0v) is 11.1. The number of rotatable bonds is 5. The van der Waals surface area contributed by atoms with Crippen molar-refractivity contribution in [1.82, 2.24) is 14.5 Å². The Morgan fingerprint density at radius 3 is 2.89 bits per heavy atom. The van der Waals surface area contributed by atoms with E-state index in [9.17, 15) is 9.59 Å². The molecule has 0 saturated heterocycles. The van der Waals surface area contributed by atoms with Crippen molar-refractivity contribution in [3.8, 4) is 0 Å². The Hall–Kier alpha value is -2.06. The van der Waals surface area contributed by atoms with Crippen molar-refractivity contribution in [3.05, 3.63) is 29.3 Å². The molecule has 8 heteroatoms. The molecule has 2 rings (SSSR count). The highest BCUT2D eigenvalue weighted by molar-refractivity contribution is 7.14. The quantitative estimate of drug-likeness (QED) is 0.786. The molecule has 3 N–H and O–H groups in total. The molecule has 0 aliphatic carbocycles. The number of ketones is 1. The van der Waals surface area contributed by atoms with Gasteiger partial charge in [0.05, 0.1) is 6.33 Å². The summed E-state index contributed by atoms with van der Waals surface area (Å²) in [6, 6.07) is 0. The smallest absolute Gasteiger partial charge is 0.277 e. The molecule has 0 aromatic carbocycles. The Kier molecular flexibility index (Phi) is 4.03. The summed E-state index contributed by atoms with van der Waals surface area (Å²) in [7, 11) is 0. The van der Waals surface area contributed by atoms with Gasteiger partial charge in [-0.05, 0) is 0 Å². The Morgan fingerprint density at radius 2 is 2.26 bits per heavy atom. The molecule has 0 aliphatic heterocycles. The molecule has 0 fully saturated rings.